The number of likely N-dealkylation sites (N-methyl/N-ethyl adjacent to an activating group) is 1. The van der Waals surface area contributed by atoms with Crippen molar-refractivity contribution >= 4 is 29.2 Å². The molecule has 30 heavy (non-hydrogen) atoms. The molecular formula is C21H28N4O4S. The predicted octanol–water partition coefficient (Wildman–Crippen LogP) is 2.26. The van der Waals surface area contributed by atoms with Crippen LogP contribution in [0.1, 0.15) is 30.7 Å². The van der Waals surface area contributed by atoms with Crippen LogP contribution in [0.4, 0.5) is 4.79 Å². The van der Waals surface area contributed by atoms with Crippen LogP contribution in [0.2, 0.25) is 0 Å². The molecule has 0 spiro atoms. The molecule has 2 rings (SSSR count). The number of aromatic nitrogens is 1. The number of benzene rings is 1. The van der Waals surface area contributed by atoms with Gasteiger partial charge in [0.15, 0.2) is 0 Å². The van der Waals surface area contributed by atoms with Crippen LogP contribution in [0, 0.1) is 5.92 Å². The van der Waals surface area contributed by atoms with Crippen LogP contribution >= 0.6 is 11.3 Å². The molecule has 0 saturated heterocycles. The summed E-state index contributed by atoms with van der Waals surface area (Å²) in [6, 6.07) is 7.70. The maximum Gasteiger partial charge on any atom is 0.408 e. The molecule has 2 aromatic rings. The monoisotopic (exact) mass is 432 g/mol. The van der Waals surface area contributed by atoms with Crippen molar-refractivity contribution < 1.29 is 19.1 Å². The van der Waals surface area contributed by atoms with E-state index >= 15 is 0 Å². The SMILES string of the molecule is CNC(=O)[C@H](Cc1cncs1)NC(=O)[C@H](CC(C)C)NC(=O)OCc1ccccc1. The lowest BCUT2D eigenvalue weighted by atomic mass is 10.0. The standard InChI is InChI=1S/C21H28N4O4S/c1-14(2)9-17(25-21(28)29-12-15-7-5-4-6-8-15)20(27)24-18(19(26)22-3)10-16-11-23-13-30-16/h4-8,11,13-14,17-18H,9-10,12H2,1-3H3,(H,22,26)(H,24,27)(H,25,28)/t17-,18-/m0/s1. The Morgan fingerprint density at radius 2 is 1.80 bits per heavy atom. The zero-order chi connectivity index (χ0) is 21.9. The Morgan fingerprint density at radius 1 is 1.07 bits per heavy atom. The number of carbonyl (C=O) groups excluding carboxylic acids is 3. The number of carbonyl (C=O) groups is 3. The fraction of sp³-hybridized carbons (Fsp3) is 0.429. The molecular weight excluding hydrogens is 404 g/mol. The van der Waals surface area contributed by atoms with Crippen LogP contribution in [-0.2, 0) is 27.4 Å². The van der Waals surface area contributed by atoms with Gasteiger partial charge in [0.05, 0.1) is 5.51 Å². The number of ether oxygens (including phenoxy) is 1. The van der Waals surface area contributed by atoms with E-state index in [1.807, 2.05) is 44.2 Å². The molecule has 0 radical (unpaired) electrons. The summed E-state index contributed by atoms with van der Waals surface area (Å²) in [7, 11) is 1.51. The van der Waals surface area contributed by atoms with Crippen molar-refractivity contribution in [1.29, 1.82) is 0 Å². The summed E-state index contributed by atoms with van der Waals surface area (Å²) in [4.78, 5) is 42.2. The Hall–Kier alpha value is -2.94. The Kier molecular flexibility index (Phi) is 9.27. The predicted molar refractivity (Wildman–Crippen MR) is 115 cm³/mol. The number of hydrogen-bond donors (Lipinski definition) is 3. The van der Waals surface area contributed by atoms with Crippen molar-refractivity contribution in [3.8, 4) is 0 Å². The molecule has 8 nitrogen and oxygen atoms in total. The largest absolute Gasteiger partial charge is 0.445 e. The van der Waals surface area contributed by atoms with E-state index in [9.17, 15) is 14.4 Å². The second-order valence-electron chi connectivity index (χ2n) is 7.24. The number of amides is 3. The summed E-state index contributed by atoms with van der Waals surface area (Å²) in [5.41, 5.74) is 2.52. The van der Waals surface area contributed by atoms with Crippen molar-refractivity contribution in [3.63, 3.8) is 0 Å². The van der Waals surface area contributed by atoms with Gasteiger partial charge < -0.3 is 20.7 Å². The fourth-order valence-corrected chi connectivity index (χ4v) is 3.45. The molecule has 0 bridgehead atoms. The summed E-state index contributed by atoms with van der Waals surface area (Å²) < 4.78 is 5.23. The zero-order valence-electron chi connectivity index (χ0n) is 17.4. The van der Waals surface area contributed by atoms with Crippen LogP contribution in [-0.4, -0.2) is 42.0 Å². The second kappa shape index (κ2) is 11.9. The van der Waals surface area contributed by atoms with Gasteiger partial charge in [-0.3, -0.25) is 14.6 Å². The van der Waals surface area contributed by atoms with Crippen LogP contribution in [0.5, 0.6) is 0 Å². The number of nitrogens with one attached hydrogen (secondary N) is 3. The lowest BCUT2D eigenvalue weighted by molar-refractivity contribution is -0.129. The van der Waals surface area contributed by atoms with Gasteiger partial charge in [-0.1, -0.05) is 44.2 Å². The van der Waals surface area contributed by atoms with Crippen molar-refractivity contribution in [2.75, 3.05) is 7.05 Å². The molecule has 3 amide bonds. The first kappa shape index (κ1) is 23.3. The third-order valence-electron chi connectivity index (χ3n) is 4.30. The minimum Gasteiger partial charge on any atom is -0.445 e. The minimum atomic E-state index is -0.818. The maximum absolute atomic E-state index is 12.9. The number of nitrogens with zero attached hydrogens (tertiary/aromatic N) is 1. The van der Waals surface area contributed by atoms with E-state index in [1.165, 1.54) is 18.4 Å². The first-order valence-corrected chi connectivity index (χ1v) is 10.6. The molecule has 162 valence electrons. The van der Waals surface area contributed by atoms with Crippen molar-refractivity contribution in [2.45, 2.75) is 45.4 Å². The first-order chi connectivity index (χ1) is 14.4. The van der Waals surface area contributed by atoms with Crippen LogP contribution < -0.4 is 16.0 Å². The molecule has 0 aliphatic heterocycles. The highest BCUT2D eigenvalue weighted by Crippen LogP contribution is 2.11. The molecule has 0 unspecified atom stereocenters. The lowest BCUT2D eigenvalue weighted by Crippen LogP contribution is -2.54. The van der Waals surface area contributed by atoms with E-state index in [-0.39, 0.29) is 18.4 Å². The average molecular weight is 433 g/mol. The molecule has 0 aliphatic rings. The van der Waals surface area contributed by atoms with E-state index in [0.29, 0.717) is 12.8 Å². The van der Waals surface area contributed by atoms with E-state index in [1.54, 1.807) is 11.7 Å². The lowest BCUT2D eigenvalue weighted by Gasteiger charge is -2.23. The Morgan fingerprint density at radius 3 is 2.40 bits per heavy atom. The summed E-state index contributed by atoms with van der Waals surface area (Å²) in [5.74, 6) is -0.597. The molecule has 1 aromatic carbocycles. The van der Waals surface area contributed by atoms with Crippen LogP contribution in [0.15, 0.2) is 42.0 Å². The van der Waals surface area contributed by atoms with Crippen LogP contribution in [0.25, 0.3) is 0 Å². The number of hydrogen-bond acceptors (Lipinski definition) is 6. The van der Waals surface area contributed by atoms with Crippen LogP contribution in [0.3, 0.4) is 0 Å². The van der Waals surface area contributed by atoms with Crippen molar-refractivity contribution in [3.05, 3.63) is 52.5 Å². The van der Waals surface area contributed by atoms with Gasteiger partial charge in [-0.15, -0.1) is 11.3 Å². The molecule has 0 fully saturated rings. The van der Waals surface area contributed by atoms with Gasteiger partial charge in [-0.25, -0.2) is 4.79 Å². The Balaban J connectivity index is 1.99. The third kappa shape index (κ3) is 7.82. The second-order valence-corrected chi connectivity index (χ2v) is 8.21. The highest BCUT2D eigenvalue weighted by atomic mass is 32.1. The van der Waals surface area contributed by atoms with Gasteiger partial charge in [0.2, 0.25) is 11.8 Å². The highest BCUT2D eigenvalue weighted by Gasteiger charge is 2.27. The minimum absolute atomic E-state index is 0.106. The summed E-state index contributed by atoms with van der Waals surface area (Å²) >= 11 is 1.41. The van der Waals surface area contributed by atoms with E-state index in [4.69, 9.17) is 4.74 Å². The summed E-state index contributed by atoms with van der Waals surface area (Å²) in [6.45, 7) is 4.00. The van der Waals surface area contributed by atoms with Gasteiger partial charge >= 0.3 is 6.09 Å². The molecule has 2 atom stereocenters. The molecule has 1 heterocycles. The Bertz CT molecular complexity index is 812. The van der Waals surface area contributed by atoms with Gasteiger partial charge in [-0.05, 0) is 17.9 Å². The van der Waals surface area contributed by atoms with Gasteiger partial charge in [0.25, 0.3) is 0 Å². The average Bonchev–Trinajstić information content (AvgIpc) is 3.24. The fourth-order valence-electron chi connectivity index (χ4n) is 2.81. The van der Waals surface area contributed by atoms with Crippen molar-refractivity contribution in [2.24, 2.45) is 5.92 Å². The van der Waals surface area contributed by atoms with Gasteiger partial charge in [0, 0.05) is 24.5 Å². The summed E-state index contributed by atoms with van der Waals surface area (Å²) in [6.07, 6.45) is 1.71. The molecule has 3 N–H and O–H groups in total. The normalized spacial score (nSPS) is 12.7. The first-order valence-electron chi connectivity index (χ1n) is 9.75. The van der Waals surface area contributed by atoms with Gasteiger partial charge in [-0.2, -0.15) is 0 Å². The van der Waals surface area contributed by atoms with E-state index in [2.05, 4.69) is 20.9 Å². The quantitative estimate of drug-likeness (QED) is 0.534. The molecule has 0 saturated carbocycles. The number of alkyl carbamates (subject to hydrolysis) is 1. The zero-order valence-corrected chi connectivity index (χ0v) is 18.2. The van der Waals surface area contributed by atoms with Gasteiger partial charge in [0.1, 0.15) is 18.7 Å². The Labute approximate surface area is 180 Å². The topological polar surface area (TPSA) is 109 Å². The van der Waals surface area contributed by atoms with E-state index < -0.39 is 24.1 Å². The number of thiazole rings is 1. The van der Waals surface area contributed by atoms with Crippen molar-refractivity contribution in [1.82, 2.24) is 20.9 Å². The molecule has 9 heteroatoms. The molecule has 1 aromatic heterocycles. The smallest absolute Gasteiger partial charge is 0.408 e. The molecule has 0 aliphatic carbocycles. The summed E-state index contributed by atoms with van der Waals surface area (Å²) in [5, 5.41) is 7.93. The third-order valence-corrected chi connectivity index (χ3v) is 5.10. The number of rotatable bonds is 10. The van der Waals surface area contributed by atoms with E-state index in [0.717, 1.165) is 10.4 Å². The highest BCUT2D eigenvalue weighted by molar-refractivity contribution is 7.09. The maximum atomic E-state index is 12.9.